The summed E-state index contributed by atoms with van der Waals surface area (Å²) in [6.07, 6.45) is 5.30. The third-order valence-corrected chi connectivity index (χ3v) is 3.78. The molecule has 2 atom stereocenters. The summed E-state index contributed by atoms with van der Waals surface area (Å²) in [5, 5.41) is 8.37. The van der Waals surface area contributed by atoms with Crippen LogP contribution in [-0.2, 0) is 15.6 Å². The lowest BCUT2D eigenvalue weighted by Crippen LogP contribution is -2.18. The number of aliphatic carboxylic acids is 1. The Hall–Kier alpha value is -0.0300. The average molecular weight is 224 g/mol. The zero-order chi connectivity index (χ0) is 10.3. The van der Waals surface area contributed by atoms with Crippen molar-refractivity contribution in [2.24, 2.45) is 0 Å². The number of carbonyl (C=O) groups is 1. The SMILES string of the molecule is CSCCCC(CC(=O)O)S(C)=O. The van der Waals surface area contributed by atoms with E-state index in [1.54, 1.807) is 18.0 Å². The number of carboxylic acid groups (broad SMARTS) is 1. The highest BCUT2D eigenvalue weighted by atomic mass is 32.2. The minimum Gasteiger partial charge on any atom is -0.481 e. The maximum atomic E-state index is 11.1. The zero-order valence-corrected chi connectivity index (χ0v) is 9.62. The van der Waals surface area contributed by atoms with E-state index in [1.165, 1.54) is 0 Å². The second-order valence-corrected chi connectivity index (χ2v) is 5.50. The van der Waals surface area contributed by atoms with E-state index in [0.29, 0.717) is 0 Å². The van der Waals surface area contributed by atoms with Crippen molar-refractivity contribution in [1.29, 1.82) is 0 Å². The molecule has 0 spiro atoms. The quantitative estimate of drug-likeness (QED) is 0.663. The molecular weight excluding hydrogens is 208 g/mol. The fourth-order valence-electron chi connectivity index (χ4n) is 1.04. The lowest BCUT2D eigenvalue weighted by atomic mass is 10.2. The fraction of sp³-hybridized carbons (Fsp3) is 0.875. The molecule has 2 unspecified atom stereocenters. The highest BCUT2D eigenvalue weighted by Gasteiger charge is 2.16. The van der Waals surface area contributed by atoms with E-state index in [2.05, 4.69) is 0 Å². The van der Waals surface area contributed by atoms with Gasteiger partial charge in [-0.25, -0.2) is 0 Å². The van der Waals surface area contributed by atoms with Crippen molar-refractivity contribution < 1.29 is 14.1 Å². The van der Waals surface area contributed by atoms with Crippen molar-refractivity contribution in [3.05, 3.63) is 0 Å². The summed E-state index contributed by atoms with van der Waals surface area (Å²) in [7, 11) is -1.02. The Kier molecular flexibility index (Phi) is 7.36. The van der Waals surface area contributed by atoms with Crippen molar-refractivity contribution in [2.45, 2.75) is 24.5 Å². The molecule has 0 aliphatic rings. The van der Waals surface area contributed by atoms with Gasteiger partial charge in [-0.3, -0.25) is 9.00 Å². The molecule has 3 nitrogen and oxygen atoms in total. The maximum Gasteiger partial charge on any atom is 0.304 e. The van der Waals surface area contributed by atoms with Crippen LogP contribution in [0.25, 0.3) is 0 Å². The van der Waals surface area contributed by atoms with Gasteiger partial charge in [-0.15, -0.1) is 0 Å². The minimum absolute atomic E-state index is 0.0253. The predicted octanol–water partition coefficient (Wildman–Crippen LogP) is 1.35. The molecule has 0 fully saturated rings. The molecule has 0 aliphatic carbocycles. The fourth-order valence-corrected chi connectivity index (χ4v) is 2.37. The van der Waals surface area contributed by atoms with Gasteiger partial charge in [0.25, 0.3) is 0 Å². The summed E-state index contributed by atoms with van der Waals surface area (Å²) in [5.74, 6) is 0.150. The number of thioether (sulfide) groups is 1. The molecule has 0 saturated carbocycles. The molecule has 78 valence electrons. The van der Waals surface area contributed by atoms with E-state index in [4.69, 9.17) is 5.11 Å². The molecular formula is C8H16O3S2. The van der Waals surface area contributed by atoms with Gasteiger partial charge in [-0.2, -0.15) is 11.8 Å². The van der Waals surface area contributed by atoms with Crippen molar-refractivity contribution >= 4 is 28.5 Å². The van der Waals surface area contributed by atoms with E-state index < -0.39 is 16.8 Å². The molecule has 0 aromatic heterocycles. The van der Waals surface area contributed by atoms with Crippen LogP contribution in [0.4, 0.5) is 0 Å². The third kappa shape index (κ3) is 7.07. The third-order valence-electron chi connectivity index (χ3n) is 1.75. The Morgan fingerprint density at radius 1 is 1.62 bits per heavy atom. The molecule has 0 aliphatic heterocycles. The van der Waals surface area contributed by atoms with Crippen molar-refractivity contribution in [3.63, 3.8) is 0 Å². The minimum atomic E-state index is -1.02. The van der Waals surface area contributed by atoms with Gasteiger partial charge in [0.2, 0.25) is 0 Å². The number of hydrogen-bond donors (Lipinski definition) is 1. The molecule has 13 heavy (non-hydrogen) atoms. The van der Waals surface area contributed by atoms with Crippen molar-refractivity contribution in [1.82, 2.24) is 0 Å². The van der Waals surface area contributed by atoms with Gasteiger partial charge in [0.1, 0.15) is 0 Å². The van der Waals surface area contributed by atoms with Crippen LogP contribution in [0.5, 0.6) is 0 Å². The van der Waals surface area contributed by atoms with Crippen molar-refractivity contribution in [3.8, 4) is 0 Å². The van der Waals surface area contributed by atoms with Crippen LogP contribution in [-0.4, -0.2) is 38.8 Å². The van der Waals surface area contributed by atoms with Gasteiger partial charge in [0, 0.05) is 22.3 Å². The number of rotatable bonds is 7. The first-order valence-corrected chi connectivity index (χ1v) is 7.12. The lowest BCUT2D eigenvalue weighted by molar-refractivity contribution is -0.137. The molecule has 0 heterocycles. The van der Waals surface area contributed by atoms with E-state index in [9.17, 15) is 9.00 Å². The Bertz CT molecular complexity index is 182. The van der Waals surface area contributed by atoms with Gasteiger partial charge in [-0.1, -0.05) is 0 Å². The largest absolute Gasteiger partial charge is 0.481 e. The summed E-state index contributed by atoms with van der Waals surface area (Å²) < 4.78 is 11.1. The highest BCUT2D eigenvalue weighted by Crippen LogP contribution is 2.11. The Morgan fingerprint density at radius 2 is 2.23 bits per heavy atom. The van der Waals surface area contributed by atoms with Crippen LogP contribution in [0.15, 0.2) is 0 Å². The first-order chi connectivity index (χ1) is 6.07. The molecule has 1 N–H and O–H groups in total. The Labute approximate surface area is 85.7 Å². The second kappa shape index (κ2) is 7.38. The summed E-state index contributed by atoms with van der Waals surface area (Å²) in [5.41, 5.74) is 0. The smallest absolute Gasteiger partial charge is 0.304 e. The van der Waals surface area contributed by atoms with Gasteiger partial charge in [0.05, 0.1) is 6.42 Å². The second-order valence-electron chi connectivity index (χ2n) is 2.85. The van der Waals surface area contributed by atoms with Gasteiger partial charge in [-0.05, 0) is 24.9 Å². The summed E-state index contributed by atoms with van der Waals surface area (Å²) in [4.78, 5) is 10.4. The highest BCUT2D eigenvalue weighted by molar-refractivity contribution is 7.98. The van der Waals surface area contributed by atoms with Crippen molar-refractivity contribution in [2.75, 3.05) is 18.3 Å². The van der Waals surface area contributed by atoms with Gasteiger partial charge in [0.15, 0.2) is 0 Å². The molecule has 0 aromatic carbocycles. The summed E-state index contributed by atoms with van der Waals surface area (Å²) >= 11 is 1.73. The van der Waals surface area contributed by atoms with E-state index >= 15 is 0 Å². The van der Waals surface area contributed by atoms with Crippen LogP contribution in [0.3, 0.4) is 0 Å². The topological polar surface area (TPSA) is 54.4 Å². The van der Waals surface area contributed by atoms with Gasteiger partial charge >= 0.3 is 5.97 Å². The Morgan fingerprint density at radius 3 is 2.62 bits per heavy atom. The van der Waals surface area contributed by atoms with E-state index in [-0.39, 0.29) is 11.7 Å². The zero-order valence-electron chi connectivity index (χ0n) is 7.99. The number of hydrogen-bond acceptors (Lipinski definition) is 3. The molecule has 0 amide bonds. The van der Waals surface area contributed by atoms with E-state index in [1.807, 2.05) is 6.26 Å². The predicted molar refractivity (Wildman–Crippen MR) is 57.7 cm³/mol. The molecule has 5 heteroatoms. The maximum absolute atomic E-state index is 11.1. The van der Waals surface area contributed by atoms with Crippen LogP contribution in [0.2, 0.25) is 0 Å². The molecule has 0 bridgehead atoms. The molecule has 0 aromatic rings. The van der Waals surface area contributed by atoms with Crippen LogP contribution in [0.1, 0.15) is 19.3 Å². The molecule has 0 rings (SSSR count). The van der Waals surface area contributed by atoms with Crippen LogP contribution in [0, 0.1) is 0 Å². The van der Waals surface area contributed by atoms with E-state index in [0.717, 1.165) is 18.6 Å². The molecule has 0 saturated heterocycles. The lowest BCUT2D eigenvalue weighted by Gasteiger charge is -2.10. The molecule has 0 radical (unpaired) electrons. The van der Waals surface area contributed by atoms with Gasteiger partial charge < -0.3 is 5.11 Å². The summed E-state index contributed by atoms with van der Waals surface area (Å²) in [6.45, 7) is 0. The summed E-state index contributed by atoms with van der Waals surface area (Å²) in [6, 6.07) is 0. The van der Waals surface area contributed by atoms with Crippen LogP contribution >= 0.6 is 11.8 Å². The monoisotopic (exact) mass is 224 g/mol. The number of carboxylic acids is 1. The first-order valence-electron chi connectivity index (χ1n) is 4.11. The average Bonchev–Trinajstić information content (AvgIpc) is 2.02. The van der Waals surface area contributed by atoms with Crippen LogP contribution < -0.4 is 0 Å². The first kappa shape index (κ1) is 13.0. The standard InChI is InChI=1S/C8H16O3S2/c1-12-5-3-4-7(13(2)11)6-8(9)10/h7H,3-6H2,1-2H3,(H,9,10). The Balaban J connectivity index is 3.81. The normalized spacial score (nSPS) is 15.2.